The molecule has 0 saturated carbocycles. The molecule has 1 aliphatic rings. The molecular weight excluding hydrogens is 136 g/mol. The van der Waals surface area contributed by atoms with Crippen LogP contribution in [0.5, 0.6) is 0 Å². The summed E-state index contributed by atoms with van der Waals surface area (Å²) in [6.45, 7) is 2.09. The average Bonchev–Trinajstić information content (AvgIpc) is 2.50. The molecule has 0 amide bonds. The maximum atomic E-state index is 4.46. The van der Waals surface area contributed by atoms with Crippen molar-refractivity contribution in [2.45, 2.75) is 32.6 Å². The summed E-state index contributed by atoms with van der Waals surface area (Å²) in [5.41, 5.74) is 2.65. The molecule has 0 bridgehead atoms. The molecule has 0 fully saturated rings. The van der Waals surface area contributed by atoms with E-state index in [0.717, 1.165) is 18.7 Å². The second kappa shape index (κ2) is 2.61. The number of hydrogen-bond donors (Lipinski definition) is 0. The van der Waals surface area contributed by atoms with Gasteiger partial charge >= 0.3 is 0 Å². The highest BCUT2D eigenvalue weighted by molar-refractivity contribution is 5.22. The van der Waals surface area contributed by atoms with E-state index < -0.39 is 0 Å². The number of fused-ring (bicyclic) bond motifs is 1. The Labute approximate surface area is 66.7 Å². The Morgan fingerprint density at radius 1 is 1.45 bits per heavy atom. The molecule has 0 atom stereocenters. The van der Waals surface area contributed by atoms with E-state index >= 15 is 0 Å². The van der Waals surface area contributed by atoms with Gasteiger partial charge in [0, 0.05) is 18.3 Å². The van der Waals surface area contributed by atoms with E-state index in [1.54, 1.807) is 0 Å². The first kappa shape index (κ1) is 6.77. The van der Waals surface area contributed by atoms with Crippen LogP contribution in [0.4, 0.5) is 0 Å². The maximum Gasteiger partial charge on any atom is 0.128 e. The summed E-state index contributed by atoms with van der Waals surface area (Å²) in [4.78, 5) is 8.72. The Hall–Kier alpha value is -0.920. The van der Waals surface area contributed by atoms with E-state index in [2.05, 4.69) is 16.9 Å². The van der Waals surface area contributed by atoms with Crippen molar-refractivity contribution in [1.82, 2.24) is 9.97 Å². The second-order valence-corrected chi connectivity index (χ2v) is 2.97. The zero-order chi connectivity index (χ0) is 7.68. The van der Waals surface area contributed by atoms with E-state index in [4.69, 9.17) is 0 Å². The number of aromatic nitrogens is 2. The molecule has 0 radical (unpaired) electrons. The summed E-state index contributed by atoms with van der Waals surface area (Å²) >= 11 is 0. The van der Waals surface area contributed by atoms with Gasteiger partial charge in [0.1, 0.15) is 5.82 Å². The SMILES string of the molecule is CCc1ncc2c(n1)CCC2. The van der Waals surface area contributed by atoms with Crippen molar-refractivity contribution >= 4 is 0 Å². The molecule has 0 spiro atoms. The highest BCUT2D eigenvalue weighted by Crippen LogP contribution is 2.18. The van der Waals surface area contributed by atoms with E-state index in [-0.39, 0.29) is 0 Å². The molecule has 0 aliphatic heterocycles. The molecule has 1 heterocycles. The lowest BCUT2D eigenvalue weighted by Crippen LogP contribution is -1.97. The Morgan fingerprint density at radius 3 is 3.18 bits per heavy atom. The quantitative estimate of drug-likeness (QED) is 0.603. The minimum atomic E-state index is 0.952. The first-order valence-corrected chi connectivity index (χ1v) is 4.24. The zero-order valence-electron chi connectivity index (χ0n) is 6.80. The van der Waals surface area contributed by atoms with Crippen LogP contribution in [0.15, 0.2) is 6.20 Å². The zero-order valence-corrected chi connectivity index (χ0v) is 6.80. The molecule has 58 valence electrons. The molecule has 2 heteroatoms. The van der Waals surface area contributed by atoms with Crippen LogP contribution in [0.25, 0.3) is 0 Å². The number of rotatable bonds is 1. The third kappa shape index (κ3) is 1.13. The summed E-state index contributed by atoms with van der Waals surface area (Å²) in [5, 5.41) is 0. The molecule has 2 rings (SSSR count). The first-order chi connectivity index (χ1) is 5.40. The van der Waals surface area contributed by atoms with Gasteiger partial charge in [-0.1, -0.05) is 6.92 Å². The van der Waals surface area contributed by atoms with Crippen molar-refractivity contribution < 1.29 is 0 Å². The molecule has 0 unspecified atom stereocenters. The fourth-order valence-corrected chi connectivity index (χ4v) is 1.53. The first-order valence-electron chi connectivity index (χ1n) is 4.24. The molecule has 0 aromatic carbocycles. The molecule has 1 aromatic heterocycles. The van der Waals surface area contributed by atoms with Gasteiger partial charge in [-0.2, -0.15) is 0 Å². The van der Waals surface area contributed by atoms with Crippen LogP contribution in [-0.4, -0.2) is 9.97 Å². The van der Waals surface area contributed by atoms with Crippen LogP contribution < -0.4 is 0 Å². The lowest BCUT2D eigenvalue weighted by atomic mass is 10.2. The predicted octanol–water partition coefficient (Wildman–Crippen LogP) is 1.53. The standard InChI is InChI=1S/C9H12N2/c1-2-9-10-6-7-4-3-5-8(7)11-9/h6H,2-5H2,1H3. The molecule has 1 aliphatic carbocycles. The van der Waals surface area contributed by atoms with Crippen LogP contribution in [0.2, 0.25) is 0 Å². The van der Waals surface area contributed by atoms with Gasteiger partial charge in [0.25, 0.3) is 0 Å². The third-order valence-corrected chi connectivity index (χ3v) is 2.18. The smallest absolute Gasteiger partial charge is 0.128 e. The van der Waals surface area contributed by atoms with Crippen molar-refractivity contribution in [3.05, 3.63) is 23.3 Å². The molecule has 0 saturated heterocycles. The number of hydrogen-bond acceptors (Lipinski definition) is 2. The summed E-state index contributed by atoms with van der Waals surface area (Å²) in [6, 6.07) is 0. The molecule has 1 aromatic rings. The maximum absolute atomic E-state index is 4.46. The summed E-state index contributed by atoms with van der Waals surface area (Å²) in [5.74, 6) is 0.991. The van der Waals surface area contributed by atoms with Crippen LogP contribution in [0, 0.1) is 0 Å². The molecular formula is C9H12N2. The highest BCUT2D eigenvalue weighted by Gasteiger charge is 2.12. The summed E-state index contributed by atoms with van der Waals surface area (Å²) in [7, 11) is 0. The fourth-order valence-electron chi connectivity index (χ4n) is 1.53. The Balaban J connectivity index is 2.41. The summed E-state index contributed by atoms with van der Waals surface area (Å²) in [6.07, 6.45) is 6.54. The lowest BCUT2D eigenvalue weighted by molar-refractivity contribution is 0.877. The highest BCUT2D eigenvalue weighted by atomic mass is 14.9. The van der Waals surface area contributed by atoms with Crippen molar-refractivity contribution in [3.8, 4) is 0 Å². The van der Waals surface area contributed by atoms with E-state index in [9.17, 15) is 0 Å². The topological polar surface area (TPSA) is 25.8 Å². The minimum absolute atomic E-state index is 0.952. The minimum Gasteiger partial charge on any atom is -0.241 e. The van der Waals surface area contributed by atoms with Crippen LogP contribution >= 0.6 is 0 Å². The van der Waals surface area contributed by atoms with Crippen LogP contribution in [0.3, 0.4) is 0 Å². The predicted molar refractivity (Wildman–Crippen MR) is 43.4 cm³/mol. The average molecular weight is 148 g/mol. The molecule has 2 nitrogen and oxygen atoms in total. The van der Waals surface area contributed by atoms with Crippen molar-refractivity contribution in [3.63, 3.8) is 0 Å². The van der Waals surface area contributed by atoms with Gasteiger partial charge in [0.05, 0.1) is 0 Å². The van der Waals surface area contributed by atoms with Gasteiger partial charge in [0.15, 0.2) is 0 Å². The van der Waals surface area contributed by atoms with Crippen molar-refractivity contribution in [2.24, 2.45) is 0 Å². The van der Waals surface area contributed by atoms with Gasteiger partial charge < -0.3 is 0 Å². The van der Waals surface area contributed by atoms with Crippen LogP contribution in [-0.2, 0) is 19.3 Å². The van der Waals surface area contributed by atoms with Gasteiger partial charge in [-0.15, -0.1) is 0 Å². The van der Waals surface area contributed by atoms with Crippen LogP contribution in [0.1, 0.15) is 30.4 Å². The normalized spacial score (nSPS) is 15.0. The molecule has 11 heavy (non-hydrogen) atoms. The third-order valence-electron chi connectivity index (χ3n) is 2.18. The number of nitrogens with zero attached hydrogens (tertiary/aromatic N) is 2. The summed E-state index contributed by atoms with van der Waals surface area (Å²) < 4.78 is 0. The van der Waals surface area contributed by atoms with Gasteiger partial charge in [-0.3, -0.25) is 0 Å². The van der Waals surface area contributed by atoms with E-state index in [1.165, 1.54) is 24.1 Å². The van der Waals surface area contributed by atoms with Gasteiger partial charge in [-0.25, -0.2) is 9.97 Å². The Kier molecular flexibility index (Phi) is 1.60. The fraction of sp³-hybridized carbons (Fsp3) is 0.556. The largest absolute Gasteiger partial charge is 0.241 e. The Morgan fingerprint density at radius 2 is 2.36 bits per heavy atom. The number of aryl methyl sites for hydroxylation is 3. The van der Waals surface area contributed by atoms with Gasteiger partial charge in [0.2, 0.25) is 0 Å². The van der Waals surface area contributed by atoms with Crippen molar-refractivity contribution in [1.29, 1.82) is 0 Å². The van der Waals surface area contributed by atoms with E-state index in [0.29, 0.717) is 0 Å². The van der Waals surface area contributed by atoms with E-state index in [1.807, 2.05) is 6.20 Å². The second-order valence-electron chi connectivity index (χ2n) is 2.97. The monoisotopic (exact) mass is 148 g/mol. The molecule has 0 N–H and O–H groups in total. The van der Waals surface area contributed by atoms with Crippen molar-refractivity contribution in [2.75, 3.05) is 0 Å². The van der Waals surface area contributed by atoms with Gasteiger partial charge in [-0.05, 0) is 24.8 Å². The Bertz CT molecular complexity index is 268. The lowest BCUT2D eigenvalue weighted by Gasteiger charge is -1.98.